The van der Waals surface area contributed by atoms with Crippen molar-refractivity contribution >= 4 is 47.2 Å². The number of likely N-dealkylation sites (tertiary alicyclic amines) is 1. The topological polar surface area (TPSA) is 71.2 Å². The lowest BCUT2D eigenvalue weighted by Crippen LogP contribution is -2.33. The Morgan fingerprint density at radius 1 is 1.19 bits per heavy atom. The molecule has 5 nitrogen and oxygen atoms in total. The smallest absolute Gasteiger partial charge is 0.240 e. The van der Waals surface area contributed by atoms with Crippen LogP contribution in [0.3, 0.4) is 0 Å². The molecule has 3 N–H and O–H groups in total. The van der Waals surface area contributed by atoms with Gasteiger partial charge < -0.3 is 11.1 Å². The van der Waals surface area contributed by atoms with Gasteiger partial charge in [-0.1, -0.05) is 30.3 Å². The highest BCUT2D eigenvalue weighted by atomic mass is 35.5. The van der Waals surface area contributed by atoms with Crippen LogP contribution in [0.1, 0.15) is 34.9 Å². The number of aromatic nitrogens is 1. The summed E-state index contributed by atoms with van der Waals surface area (Å²) in [6.07, 6.45) is 4.58. The average Bonchev–Trinajstić information content (AvgIpc) is 3.18. The first-order valence-electron chi connectivity index (χ1n) is 9.00. The lowest BCUT2D eigenvalue weighted by molar-refractivity contribution is -0.117. The van der Waals surface area contributed by atoms with Crippen molar-refractivity contribution in [2.24, 2.45) is 5.73 Å². The normalized spacial score (nSPS) is 21.7. The van der Waals surface area contributed by atoms with Gasteiger partial charge in [0.1, 0.15) is 0 Å². The number of nitrogens with zero attached hydrogens (tertiary/aromatic N) is 2. The van der Waals surface area contributed by atoms with Gasteiger partial charge in [-0.05, 0) is 31.2 Å². The van der Waals surface area contributed by atoms with Gasteiger partial charge in [0.05, 0.1) is 12.2 Å². The molecule has 0 unspecified atom stereocenters. The van der Waals surface area contributed by atoms with Gasteiger partial charge >= 0.3 is 0 Å². The second-order valence-corrected chi connectivity index (χ2v) is 8.10. The molecule has 1 aromatic heterocycles. The standard InChI is InChI=1S/C19H24N4OS.2ClH/c20-15-11-23(10-14(15)13-6-2-1-3-7-13)12-18(24)22-19-21-16-8-4-5-9-17(16)25-19;;/h1-3,6-7,14-15H,4-5,8-12,20H2,(H,21,22,24);2*1H/t14-,15+;;/m0../s1. The molecule has 27 heavy (non-hydrogen) atoms. The first kappa shape index (κ1) is 22.1. The fourth-order valence-corrected chi connectivity index (χ4v) is 4.93. The predicted molar refractivity (Wildman–Crippen MR) is 115 cm³/mol. The number of carbonyl (C=O) groups excluding carboxylic acids is 1. The summed E-state index contributed by atoms with van der Waals surface area (Å²) in [7, 11) is 0. The number of hydrogen-bond donors (Lipinski definition) is 2. The first-order valence-corrected chi connectivity index (χ1v) is 9.82. The number of nitrogens with two attached hydrogens (primary N) is 1. The molecule has 2 aromatic rings. The summed E-state index contributed by atoms with van der Waals surface area (Å²) < 4.78 is 0. The summed E-state index contributed by atoms with van der Waals surface area (Å²) >= 11 is 1.63. The van der Waals surface area contributed by atoms with Crippen molar-refractivity contribution in [1.29, 1.82) is 0 Å². The minimum atomic E-state index is 0. The van der Waals surface area contributed by atoms with Gasteiger partial charge in [-0.3, -0.25) is 9.69 Å². The Hall–Kier alpha value is -1.18. The van der Waals surface area contributed by atoms with E-state index in [-0.39, 0.29) is 36.8 Å². The van der Waals surface area contributed by atoms with Crippen LogP contribution in [-0.4, -0.2) is 41.5 Å². The molecule has 2 atom stereocenters. The molecule has 0 saturated carbocycles. The molecule has 1 amide bonds. The monoisotopic (exact) mass is 428 g/mol. The zero-order chi connectivity index (χ0) is 17.2. The van der Waals surface area contributed by atoms with Crippen LogP contribution in [0.15, 0.2) is 30.3 Å². The van der Waals surface area contributed by atoms with Crippen molar-refractivity contribution in [3.05, 3.63) is 46.5 Å². The van der Waals surface area contributed by atoms with E-state index in [0.29, 0.717) is 12.5 Å². The number of aryl methyl sites for hydroxylation is 2. The number of carbonyl (C=O) groups is 1. The highest BCUT2D eigenvalue weighted by molar-refractivity contribution is 7.15. The van der Waals surface area contributed by atoms with E-state index in [9.17, 15) is 4.79 Å². The van der Waals surface area contributed by atoms with Crippen LogP contribution in [0, 0.1) is 0 Å². The van der Waals surface area contributed by atoms with Gasteiger partial charge in [0.15, 0.2) is 5.13 Å². The van der Waals surface area contributed by atoms with Crippen LogP contribution in [0.5, 0.6) is 0 Å². The maximum Gasteiger partial charge on any atom is 0.240 e. The van der Waals surface area contributed by atoms with Gasteiger partial charge in [-0.25, -0.2) is 4.98 Å². The fourth-order valence-electron chi connectivity index (χ4n) is 3.86. The van der Waals surface area contributed by atoms with Crippen LogP contribution in [-0.2, 0) is 17.6 Å². The summed E-state index contributed by atoms with van der Waals surface area (Å²) in [6, 6.07) is 10.4. The Labute approximate surface area is 176 Å². The molecule has 0 radical (unpaired) electrons. The lowest BCUT2D eigenvalue weighted by atomic mass is 9.95. The van der Waals surface area contributed by atoms with E-state index in [0.717, 1.165) is 31.1 Å². The van der Waals surface area contributed by atoms with E-state index in [1.165, 1.54) is 29.0 Å². The van der Waals surface area contributed by atoms with E-state index < -0.39 is 0 Å². The van der Waals surface area contributed by atoms with E-state index in [1.807, 2.05) is 18.2 Å². The van der Waals surface area contributed by atoms with Crippen molar-refractivity contribution in [3.8, 4) is 0 Å². The minimum absolute atomic E-state index is 0. The van der Waals surface area contributed by atoms with Crippen molar-refractivity contribution in [2.75, 3.05) is 25.0 Å². The SMILES string of the molecule is Cl.Cl.N[C@@H]1CN(CC(=O)Nc2nc3c(s2)CCCC3)C[C@H]1c1ccccc1. The maximum absolute atomic E-state index is 12.4. The Balaban J connectivity index is 0.00000131. The minimum Gasteiger partial charge on any atom is -0.326 e. The summed E-state index contributed by atoms with van der Waals surface area (Å²) in [4.78, 5) is 20.5. The third kappa shape index (κ3) is 5.21. The van der Waals surface area contributed by atoms with E-state index in [4.69, 9.17) is 5.73 Å². The van der Waals surface area contributed by atoms with Gasteiger partial charge in [0.25, 0.3) is 0 Å². The molecule has 1 saturated heterocycles. The Kier molecular flexibility index (Phi) is 8.06. The molecule has 4 rings (SSSR count). The quantitative estimate of drug-likeness (QED) is 0.783. The largest absolute Gasteiger partial charge is 0.326 e. The van der Waals surface area contributed by atoms with Gasteiger partial charge in [0.2, 0.25) is 5.91 Å². The number of halogens is 2. The van der Waals surface area contributed by atoms with Gasteiger partial charge in [-0.2, -0.15) is 0 Å². The van der Waals surface area contributed by atoms with Crippen molar-refractivity contribution in [2.45, 2.75) is 37.6 Å². The number of nitrogens with one attached hydrogen (secondary N) is 1. The van der Waals surface area contributed by atoms with Crippen LogP contribution < -0.4 is 11.1 Å². The molecule has 1 aromatic carbocycles. The Morgan fingerprint density at radius 2 is 1.93 bits per heavy atom. The molecule has 148 valence electrons. The van der Waals surface area contributed by atoms with Crippen molar-refractivity contribution < 1.29 is 4.79 Å². The fraction of sp³-hybridized carbons (Fsp3) is 0.474. The van der Waals surface area contributed by atoms with Crippen LogP contribution in [0.2, 0.25) is 0 Å². The number of anilines is 1. The molecule has 1 aliphatic heterocycles. The van der Waals surface area contributed by atoms with Crippen LogP contribution in [0.25, 0.3) is 0 Å². The van der Waals surface area contributed by atoms with Crippen LogP contribution in [0.4, 0.5) is 5.13 Å². The summed E-state index contributed by atoms with van der Waals surface area (Å²) in [5, 5.41) is 3.73. The molecular weight excluding hydrogens is 403 g/mol. The first-order chi connectivity index (χ1) is 12.2. The second kappa shape index (κ2) is 9.85. The van der Waals surface area contributed by atoms with Crippen LogP contribution >= 0.6 is 36.2 Å². The van der Waals surface area contributed by atoms with Gasteiger partial charge in [-0.15, -0.1) is 36.2 Å². The Morgan fingerprint density at radius 3 is 2.67 bits per heavy atom. The molecule has 8 heteroatoms. The van der Waals surface area contributed by atoms with E-state index in [1.54, 1.807) is 11.3 Å². The zero-order valence-electron chi connectivity index (χ0n) is 15.1. The number of thiazole rings is 1. The maximum atomic E-state index is 12.4. The number of rotatable bonds is 4. The average molecular weight is 429 g/mol. The molecule has 2 heterocycles. The lowest BCUT2D eigenvalue weighted by Gasteiger charge is -2.15. The third-order valence-electron chi connectivity index (χ3n) is 5.13. The molecule has 2 aliphatic rings. The number of hydrogen-bond acceptors (Lipinski definition) is 5. The highest BCUT2D eigenvalue weighted by Crippen LogP contribution is 2.30. The Bertz CT molecular complexity index is 732. The summed E-state index contributed by atoms with van der Waals surface area (Å²) in [5.41, 5.74) is 8.75. The zero-order valence-corrected chi connectivity index (χ0v) is 17.5. The predicted octanol–water partition coefficient (Wildman–Crippen LogP) is 3.23. The van der Waals surface area contributed by atoms with E-state index in [2.05, 4.69) is 27.3 Å². The number of fused-ring (bicyclic) bond motifs is 1. The van der Waals surface area contributed by atoms with Crippen molar-refractivity contribution in [3.63, 3.8) is 0 Å². The molecular formula is C19H26Cl2N4OS. The highest BCUT2D eigenvalue weighted by Gasteiger charge is 2.32. The van der Waals surface area contributed by atoms with Gasteiger partial charge in [0, 0.05) is 29.9 Å². The molecule has 1 fully saturated rings. The second-order valence-electron chi connectivity index (χ2n) is 7.02. The summed E-state index contributed by atoms with van der Waals surface area (Å²) in [5.74, 6) is 0.299. The molecule has 0 spiro atoms. The number of benzene rings is 1. The molecule has 1 aliphatic carbocycles. The third-order valence-corrected chi connectivity index (χ3v) is 6.20. The van der Waals surface area contributed by atoms with Crippen molar-refractivity contribution in [1.82, 2.24) is 9.88 Å². The number of amides is 1. The summed E-state index contributed by atoms with van der Waals surface area (Å²) in [6.45, 7) is 1.95. The van der Waals surface area contributed by atoms with E-state index >= 15 is 0 Å². The molecule has 0 bridgehead atoms.